The summed E-state index contributed by atoms with van der Waals surface area (Å²) in [6, 6.07) is 9.37. The standard InChI is InChI=1S/C38H54O5/c1-24(2)26-15-20-37(33(41)42-7)21-22-38(23-43-32(40)25-11-9-8-10-12-25)27(31(26)37)13-14-29-35(5)18-17-30(39)34(3,4)28(35)16-19-36(29,38)6/h8-12,26-31,39H,1,13-23H2,2-7H3. The summed E-state index contributed by atoms with van der Waals surface area (Å²) in [5, 5.41) is 11.1. The molecule has 0 spiro atoms. The van der Waals surface area contributed by atoms with Crippen LogP contribution in [-0.4, -0.2) is 36.9 Å². The Morgan fingerprint density at radius 1 is 0.907 bits per heavy atom. The first kappa shape index (κ1) is 30.9. The van der Waals surface area contributed by atoms with Crippen molar-refractivity contribution in [3.05, 3.63) is 48.0 Å². The maximum Gasteiger partial charge on any atom is 0.338 e. The summed E-state index contributed by atoms with van der Waals surface area (Å²) < 4.78 is 12.0. The molecule has 0 bridgehead atoms. The van der Waals surface area contributed by atoms with Crippen LogP contribution in [0.2, 0.25) is 0 Å². The van der Waals surface area contributed by atoms with Crippen LogP contribution in [-0.2, 0) is 14.3 Å². The second kappa shape index (κ2) is 10.5. The zero-order chi connectivity index (χ0) is 31.0. The zero-order valence-corrected chi connectivity index (χ0v) is 27.4. The summed E-state index contributed by atoms with van der Waals surface area (Å²) in [5.74, 6) is 1.27. The van der Waals surface area contributed by atoms with E-state index in [2.05, 4.69) is 41.2 Å². The van der Waals surface area contributed by atoms with Gasteiger partial charge >= 0.3 is 11.9 Å². The van der Waals surface area contributed by atoms with Crippen LogP contribution < -0.4 is 0 Å². The molecule has 10 unspecified atom stereocenters. The molecule has 1 N–H and O–H groups in total. The van der Waals surface area contributed by atoms with Gasteiger partial charge in [0.25, 0.3) is 0 Å². The SMILES string of the molecule is C=C(C)C1CCC2(C(=O)OC)CCC3(COC(=O)c4ccccc4)C(CCC4C5(C)CCC(O)C(C)(C)C5CCC43C)C12. The van der Waals surface area contributed by atoms with Crippen LogP contribution in [0.25, 0.3) is 0 Å². The van der Waals surface area contributed by atoms with Crippen molar-refractivity contribution in [2.24, 2.45) is 56.7 Å². The van der Waals surface area contributed by atoms with Crippen LogP contribution >= 0.6 is 0 Å². The largest absolute Gasteiger partial charge is 0.469 e. The van der Waals surface area contributed by atoms with Gasteiger partial charge in [-0.1, -0.05) is 58.0 Å². The van der Waals surface area contributed by atoms with E-state index in [4.69, 9.17) is 9.47 Å². The average molecular weight is 591 g/mol. The molecule has 5 aliphatic carbocycles. The third-order valence-electron chi connectivity index (χ3n) is 14.8. The molecule has 0 amide bonds. The summed E-state index contributed by atoms with van der Waals surface area (Å²) in [7, 11) is 1.55. The van der Waals surface area contributed by atoms with Gasteiger partial charge in [-0.25, -0.2) is 4.79 Å². The first-order valence-corrected chi connectivity index (χ1v) is 16.9. The van der Waals surface area contributed by atoms with Gasteiger partial charge in [-0.3, -0.25) is 4.79 Å². The molecule has 0 aromatic heterocycles. The fourth-order valence-corrected chi connectivity index (χ4v) is 12.7. The topological polar surface area (TPSA) is 72.8 Å². The van der Waals surface area contributed by atoms with Gasteiger partial charge in [0.2, 0.25) is 0 Å². The summed E-state index contributed by atoms with van der Waals surface area (Å²) >= 11 is 0. The van der Waals surface area contributed by atoms with E-state index in [0.29, 0.717) is 24.0 Å². The number of methoxy groups -OCH3 is 1. The van der Waals surface area contributed by atoms with Crippen LogP contribution in [0.4, 0.5) is 0 Å². The van der Waals surface area contributed by atoms with Gasteiger partial charge in [0.15, 0.2) is 0 Å². The number of aliphatic hydroxyl groups excluding tert-OH is 1. The Balaban J connectivity index is 1.46. The number of hydrogen-bond donors (Lipinski definition) is 1. The molecule has 43 heavy (non-hydrogen) atoms. The fraction of sp³-hybridized carbons (Fsp3) is 0.737. The first-order chi connectivity index (χ1) is 20.3. The minimum Gasteiger partial charge on any atom is -0.469 e. The molecule has 236 valence electrons. The summed E-state index contributed by atoms with van der Waals surface area (Å²) in [5.41, 5.74) is 0.955. The van der Waals surface area contributed by atoms with Crippen molar-refractivity contribution in [2.45, 2.75) is 105 Å². The highest BCUT2D eigenvalue weighted by molar-refractivity contribution is 5.89. The smallest absolute Gasteiger partial charge is 0.338 e. The molecule has 0 radical (unpaired) electrons. The Labute approximate surface area is 259 Å². The molecule has 5 aliphatic rings. The van der Waals surface area contributed by atoms with Crippen LogP contribution in [0.5, 0.6) is 0 Å². The molecule has 0 saturated heterocycles. The number of allylic oxidation sites excluding steroid dienone is 1. The number of benzene rings is 1. The van der Waals surface area contributed by atoms with Crippen LogP contribution in [0, 0.1) is 56.7 Å². The molecule has 5 fully saturated rings. The Morgan fingerprint density at radius 3 is 2.30 bits per heavy atom. The molecule has 6 rings (SSSR count). The van der Waals surface area contributed by atoms with Gasteiger partial charge in [0, 0.05) is 5.41 Å². The number of esters is 2. The number of hydrogen-bond acceptors (Lipinski definition) is 5. The highest BCUT2D eigenvalue weighted by Gasteiger charge is 2.73. The molecule has 10 atom stereocenters. The highest BCUT2D eigenvalue weighted by Crippen LogP contribution is 2.77. The van der Waals surface area contributed by atoms with E-state index in [-0.39, 0.29) is 57.5 Å². The van der Waals surface area contributed by atoms with Gasteiger partial charge < -0.3 is 14.6 Å². The number of carbonyl (C=O) groups excluding carboxylic acids is 2. The number of fused-ring (bicyclic) bond motifs is 7. The maximum atomic E-state index is 13.7. The summed E-state index contributed by atoms with van der Waals surface area (Å²) in [6.07, 6.45) is 9.36. The van der Waals surface area contributed by atoms with E-state index in [9.17, 15) is 14.7 Å². The maximum absolute atomic E-state index is 13.7. The third kappa shape index (κ3) is 4.18. The van der Waals surface area contributed by atoms with E-state index in [1.165, 1.54) is 5.57 Å². The molecular formula is C38H54O5. The average Bonchev–Trinajstić information content (AvgIpc) is 3.39. The number of rotatable bonds is 5. The lowest BCUT2D eigenvalue weighted by atomic mass is 9.32. The number of aliphatic hydroxyl groups is 1. The first-order valence-electron chi connectivity index (χ1n) is 16.9. The monoisotopic (exact) mass is 590 g/mol. The lowest BCUT2D eigenvalue weighted by Gasteiger charge is -2.73. The van der Waals surface area contributed by atoms with E-state index in [1.54, 1.807) is 7.11 Å². The molecule has 5 nitrogen and oxygen atoms in total. The molecule has 1 aromatic carbocycles. The summed E-state index contributed by atoms with van der Waals surface area (Å²) in [6.45, 7) is 16.6. The molecule has 0 aliphatic heterocycles. The van der Waals surface area contributed by atoms with Crippen LogP contribution in [0.15, 0.2) is 42.5 Å². The Hall–Kier alpha value is -2.14. The molecule has 5 saturated carbocycles. The highest BCUT2D eigenvalue weighted by atomic mass is 16.5. The van der Waals surface area contributed by atoms with E-state index in [0.717, 1.165) is 64.2 Å². The van der Waals surface area contributed by atoms with Gasteiger partial charge in [0.05, 0.1) is 30.8 Å². The minimum absolute atomic E-state index is 0.0536. The van der Waals surface area contributed by atoms with Crippen molar-refractivity contribution >= 4 is 11.9 Å². The lowest BCUT2D eigenvalue weighted by Crippen LogP contribution is -2.69. The van der Waals surface area contributed by atoms with E-state index < -0.39 is 5.41 Å². The Kier molecular flexibility index (Phi) is 7.51. The predicted octanol–water partition coefficient (Wildman–Crippen LogP) is 8.02. The third-order valence-corrected chi connectivity index (χ3v) is 14.8. The van der Waals surface area contributed by atoms with Gasteiger partial charge in [0.1, 0.15) is 0 Å². The Bertz CT molecular complexity index is 1270. The quantitative estimate of drug-likeness (QED) is 0.278. The van der Waals surface area contributed by atoms with Crippen molar-refractivity contribution in [3.8, 4) is 0 Å². The second-order valence-electron chi connectivity index (χ2n) is 16.4. The van der Waals surface area contributed by atoms with E-state index >= 15 is 0 Å². The number of ether oxygens (including phenoxy) is 2. The predicted molar refractivity (Wildman–Crippen MR) is 168 cm³/mol. The second-order valence-corrected chi connectivity index (χ2v) is 16.4. The van der Waals surface area contributed by atoms with Crippen molar-refractivity contribution in [2.75, 3.05) is 13.7 Å². The van der Waals surface area contributed by atoms with Crippen molar-refractivity contribution in [3.63, 3.8) is 0 Å². The van der Waals surface area contributed by atoms with Crippen molar-refractivity contribution in [1.29, 1.82) is 0 Å². The minimum atomic E-state index is -0.489. The molecule has 1 aromatic rings. The summed E-state index contributed by atoms with van der Waals surface area (Å²) in [4.78, 5) is 27.2. The van der Waals surface area contributed by atoms with E-state index in [1.807, 2.05) is 30.3 Å². The van der Waals surface area contributed by atoms with Gasteiger partial charge in [-0.05, 0) is 129 Å². The van der Waals surface area contributed by atoms with Gasteiger partial charge in [-0.2, -0.15) is 0 Å². The zero-order valence-electron chi connectivity index (χ0n) is 27.4. The van der Waals surface area contributed by atoms with Gasteiger partial charge in [-0.15, -0.1) is 0 Å². The lowest BCUT2D eigenvalue weighted by molar-refractivity contribution is -0.262. The normalized spacial score (nSPS) is 44.6. The van der Waals surface area contributed by atoms with Crippen molar-refractivity contribution < 1.29 is 24.2 Å². The van der Waals surface area contributed by atoms with Crippen LogP contribution in [0.1, 0.15) is 109 Å². The molecule has 5 heteroatoms. The molecule has 0 heterocycles. The molecular weight excluding hydrogens is 536 g/mol. The van der Waals surface area contributed by atoms with Crippen molar-refractivity contribution in [1.82, 2.24) is 0 Å². The number of carbonyl (C=O) groups is 2. The van der Waals surface area contributed by atoms with Crippen LogP contribution in [0.3, 0.4) is 0 Å². The fourth-order valence-electron chi connectivity index (χ4n) is 12.7. The Morgan fingerprint density at radius 2 is 1.63 bits per heavy atom.